The third-order valence-electron chi connectivity index (χ3n) is 1.01. The lowest BCUT2D eigenvalue weighted by atomic mass is 10.3. The summed E-state index contributed by atoms with van der Waals surface area (Å²) in [6.45, 7) is -1.46. The summed E-state index contributed by atoms with van der Waals surface area (Å²) in [6, 6.07) is 0. The van der Waals surface area contributed by atoms with E-state index < -0.39 is 12.7 Å². The summed E-state index contributed by atoms with van der Waals surface area (Å²) in [5.41, 5.74) is 5.01. The Hall–Kier alpha value is -0.880. The van der Waals surface area contributed by atoms with Crippen LogP contribution < -0.4 is 11.6 Å². The van der Waals surface area contributed by atoms with Crippen molar-refractivity contribution in [1.82, 2.24) is 5.01 Å². The molecule has 5 N–H and O–H groups in total. The van der Waals surface area contributed by atoms with Crippen LogP contribution in [0, 0.1) is 0 Å². The highest BCUT2D eigenvalue weighted by molar-refractivity contribution is 4.99. The van der Waals surface area contributed by atoms with Crippen molar-refractivity contribution in [3.8, 4) is 0 Å². The maximum atomic E-state index is 11.7. The van der Waals surface area contributed by atoms with Crippen LogP contribution in [-0.2, 0) is 0 Å². The number of alkyl halides is 2. The van der Waals surface area contributed by atoms with Gasteiger partial charge in [0.05, 0.1) is 11.8 Å². The van der Waals surface area contributed by atoms with E-state index in [2.05, 4.69) is 0 Å². The molecule has 0 aromatic heterocycles. The van der Waals surface area contributed by atoms with Crippen molar-refractivity contribution < 1.29 is 13.9 Å². The first-order valence-electron chi connectivity index (χ1n) is 2.91. The standard InChI is InChI=1S/C5H11F2N3O/c1-3(11)4(8)2-10(9)5(6)7/h2-3,5,11H,8-9H2,1H3/b4-2-. The zero-order chi connectivity index (χ0) is 9.02. The molecule has 0 aromatic rings. The van der Waals surface area contributed by atoms with Crippen molar-refractivity contribution in [2.24, 2.45) is 11.6 Å². The molecule has 11 heavy (non-hydrogen) atoms. The summed E-state index contributed by atoms with van der Waals surface area (Å²) in [4.78, 5) is 0. The largest absolute Gasteiger partial charge is 0.399 e. The van der Waals surface area contributed by atoms with E-state index in [1.165, 1.54) is 6.92 Å². The van der Waals surface area contributed by atoms with Crippen LogP contribution in [0.25, 0.3) is 0 Å². The molecule has 0 radical (unpaired) electrons. The Kier molecular flexibility index (Phi) is 3.77. The number of nitrogens with two attached hydrogens (primary N) is 2. The van der Waals surface area contributed by atoms with E-state index in [-0.39, 0.29) is 10.7 Å². The van der Waals surface area contributed by atoms with Gasteiger partial charge in [0.15, 0.2) is 0 Å². The lowest BCUT2D eigenvalue weighted by molar-refractivity contribution is 0.00396. The molecule has 0 rings (SSSR count). The van der Waals surface area contributed by atoms with Crippen LogP contribution >= 0.6 is 0 Å². The highest BCUT2D eigenvalue weighted by Crippen LogP contribution is 2.00. The quantitative estimate of drug-likeness (QED) is 0.303. The number of aliphatic hydroxyl groups is 1. The lowest BCUT2D eigenvalue weighted by Gasteiger charge is -2.13. The van der Waals surface area contributed by atoms with Gasteiger partial charge in [-0.1, -0.05) is 0 Å². The van der Waals surface area contributed by atoms with E-state index in [0.717, 1.165) is 6.20 Å². The summed E-state index contributed by atoms with van der Waals surface area (Å²) in [7, 11) is 0. The topological polar surface area (TPSA) is 75.5 Å². The van der Waals surface area contributed by atoms with Crippen LogP contribution in [0.3, 0.4) is 0 Å². The molecule has 0 aliphatic rings. The van der Waals surface area contributed by atoms with Gasteiger partial charge in [0.25, 0.3) is 0 Å². The Morgan fingerprint density at radius 3 is 2.36 bits per heavy atom. The van der Waals surface area contributed by atoms with Crippen molar-refractivity contribution in [1.29, 1.82) is 0 Å². The fourth-order valence-electron chi connectivity index (χ4n) is 0.336. The van der Waals surface area contributed by atoms with E-state index in [1.54, 1.807) is 0 Å². The minimum atomic E-state index is -2.81. The number of aliphatic hydroxyl groups excluding tert-OH is 1. The molecule has 1 unspecified atom stereocenters. The molecule has 4 nitrogen and oxygen atoms in total. The second-order valence-corrected chi connectivity index (χ2v) is 2.03. The van der Waals surface area contributed by atoms with Gasteiger partial charge in [-0.3, -0.25) is 5.01 Å². The number of hydrogen-bond acceptors (Lipinski definition) is 4. The zero-order valence-electron chi connectivity index (χ0n) is 6.04. The highest BCUT2D eigenvalue weighted by atomic mass is 19.3. The summed E-state index contributed by atoms with van der Waals surface area (Å²) in [5.74, 6) is 4.77. The fraction of sp³-hybridized carbons (Fsp3) is 0.600. The SMILES string of the molecule is CC(O)/C(N)=C/N(N)C(F)F. The third kappa shape index (κ3) is 3.74. The van der Waals surface area contributed by atoms with Crippen LogP contribution in [0.1, 0.15) is 6.92 Å². The molecule has 6 heteroatoms. The molecule has 0 aliphatic heterocycles. The minimum absolute atomic E-state index is 0.104. The molecule has 0 spiro atoms. The van der Waals surface area contributed by atoms with Crippen LogP contribution in [0.4, 0.5) is 8.78 Å². The molecular weight excluding hydrogens is 156 g/mol. The second kappa shape index (κ2) is 4.09. The Balaban J connectivity index is 4.07. The fourth-order valence-corrected chi connectivity index (χ4v) is 0.336. The molecule has 1 atom stereocenters. The zero-order valence-corrected chi connectivity index (χ0v) is 6.04. The minimum Gasteiger partial charge on any atom is -0.399 e. The molecule has 0 saturated heterocycles. The average Bonchev–Trinajstić information content (AvgIpc) is 1.87. The van der Waals surface area contributed by atoms with E-state index >= 15 is 0 Å². The number of halogens is 2. The summed E-state index contributed by atoms with van der Waals surface area (Å²) < 4.78 is 23.3. The normalized spacial score (nSPS) is 15.3. The molecule has 0 aliphatic carbocycles. The second-order valence-electron chi connectivity index (χ2n) is 2.03. The maximum Gasteiger partial charge on any atom is 0.327 e. The van der Waals surface area contributed by atoms with Crippen molar-refractivity contribution in [3.63, 3.8) is 0 Å². The van der Waals surface area contributed by atoms with E-state index in [0.29, 0.717) is 0 Å². The molecule has 66 valence electrons. The van der Waals surface area contributed by atoms with Crippen molar-refractivity contribution >= 4 is 0 Å². The van der Waals surface area contributed by atoms with Gasteiger partial charge in [-0.2, -0.15) is 8.78 Å². The lowest BCUT2D eigenvalue weighted by Crippen LogP contribution is -2.32. The van der Waals surface area contributed by atoms with Crippen LogP contribution in [0.15, 0.2) is 11.9 Å². The van der Waals surface area contributed by atoms with Gasteiger partial charge in [0, 0.05) is 6.20 Å². The van der Waals surface area contributed by atoms with Gasteiger partial charge in [0.2, 0.25) is 0 Å². The Morgan fingerprint density at radius 2 is 2.09 bits per heavy atom. The number of hydrogen-bond donors (Lipinski definition) is 3. The summed E-state index contributed by atoms with van der Waals surface area (Å²) in [6.07, 6.45) is -0.185. The third-order valence-corrected chi connectivity index (χ3v) is 1.01. The Morgan fingerprint density at radius 1 is 1.64 bits per heavy atom. The predicted molar refractivity (Wildman–Crippen MR) is 36.0 cm³/mol. The number of nitrogens with zero attached hydrogens (tertiary/aromatic N) is 1. The molecule has 0 heterocycles. The molecule has 0 bridgehead atoms. The molecule has 0 aromatic carbocycles. The van der Waals surface area contributed by atoms with Crippen LogP contribution in [-0.4, -0.2) is 22.8 Å². The highest BCUT2D eigenvalue weighted by Gasteiger charge is 2.08. The first-order chi connectivity index (χ1) is 4.95. The van der Waals surface area contributed by atoms with Gasteiger partial charge < -0.3 is 10.8 Å². The maximum absolute atomic E-state index is 11.7. The van der Waals surface area contributed by atoms with Crippen molar-refractivity contribution in [2.75, 3.05) is 0 Å². The predicted octanol–water partition coefficient (Wildman–Crippen LogP) is -0.434. The molecule has 0 saturated carbocycles. The number of hydrazine groups is 1. The Bertz CT molecular complexity index is 149. The van der Waals surface area contributed by atoms with Crippen molar-refractivity contribution in [2.45, 2.75) is 19.6 Å². The Labute approximate surface area is 63.0 Å². The smallest absolute Gasteiger partial charge is 0.327 e. The summed E-state index contributed by atoms with van der Waals surface area (Å²) in [5, 5.41) is 8.86. The van der Waals surface area contributed by atoms with Gasteiger partial charge in [-0.25, -0.2) is 5.84 Å². The van der Waals surface area contributed by atoms with Crippen LogP contribution in [0.2, 0.25) is 0 Å². The molecular formula is C5H11F2N3O. The average molecular weight is 167 g/mol. The van der Waals surface area contributed by atoms with Gasteiger partial charge in [0.1, 0.15) is 0 Å². The van der Waals surface area contributed by atoms with Gasteiger partial charge >= 0.3 is 6.55 Å². The van der Waals surface area contributed by atoms with E-state index in [4.69, 9.17) is 16.7 Å². The van der Waals surface area contributed by atoms with Gasteiger partial charge in [-0.05, 0) is 6.92 Å². The molecule has 0 amide bonds. The van der Waals surface area contributed by atoms with Crippen LogP contribution in [0.5, 0.6) is 0 Å². The first kappa shape index (κ1) is 10.1. The summed E-state index contributed by atoms with van der Waals surface area (Å²) >= 11 is 0. The van der Waals surface area contributed by atoms with Crippen molar-refractivity contribution in [3.05, 3.63) is 11.9 Å². The van der Waals surface area contributed by atoms with E-state index in [1.807, 2.05) is 0 Å². The number of rotatable bonds is 3. The van der Waals surface area contributed by atoms with Gasteiger partial charge in [-0.15, -0.1) is 0 Å². The van der Waals surface area contributed by atoms with E-state index in [9.17, 15) is 8.78 Å². The first-order valence-corrected chi connectivity index (χ1v) is 2.91. The molecule has 0 fully saturated rings. The monoisotopic (exact) mass is 167 g/mol.